The fraction of sp³-hybridized carbons (Fsp3) is 0.200. The van der Waals surface area contributed by atoms with Crippen molar-refractivity contribution in [2.45, 2.75) is 13.5 Å². The van der Waals surface area contributed by atoms with Gasteiger partial charge in [-0.25, -0.2) is 4.68 Å². The Morgan fingerprint density at radius 2 is 2.27 bits per heavy atom. The predicted octanol–water partition coefficient (Wildman–Crippen LogP) is 1.64. The van der Waals surface area contributed by atoms with Gasteiger partial charge in [-0.1, -0.05) is 11.3 Å². The highest BCUT2D eigenvalue weighted by atomic mass is 127. The van der Waals surface area contributed by atoms with Gasteiger partial charge in [-0.05, 0) is 47.2 Å². The van der Waals surface area contributed by atoms with Crippen molar-refractivity contribution < 1.29 is 0 Å². The van der Waals surface area contributed by atoms with Gasteiger partial charge in [0, 0.05) is 10.1 Å². The molecule has 15 heavy (non-hydrogen) atoms. The molecule has 2 N–H and O–H groups in total. The zero-order valence-electron chi connectivity index (χ0n) is 8.31. The zero-order valence-corrected chi connectivity index (χ0v) is 10.5. The van der Waals surface area contributed by atoms with Crippen LogP contribution in [0.15, 0.2) is 24.4 Å². The molecule has 0 saturated heterocycles. The minimum atomic E-state index is 0.420. The minimum Gasteiger partial charge on any atom is -0.325 e. The Morgan fingerprint density at radius 1 is 1.47 bits per heavy atom. The molecule has 4 nitrogen and oxygen atoms in total. The number of rotatable bonds is 2. The van der Waals surface area contributed by atoms with Gasteiger partial charge in [0.05, 0.1) is 17.6 Å². The smallest absolute Gasteiger partial charge is 0.0967 e. The van der Waals surface area contributed by atoms with Crippen LogP contribution in [0.3, 0.4) is 0 Å². The normalized spacial score (nSPS) is 10.6. The van der Waals surface area contributed by atoms with E-state index in [1.165, 1.54) is 9.13 Å². The van der Waals surface area contributed by atoms with Gasteiger partial charge in [-0.2, -0.15) is 0 Å². The maximum Gasteiger partial charge on any atom is 0.0967 e. The van der Waals surface area contributed by atoms with Crippen molar-refractivity contribution in [3.05, 3.63) is 39.2 Å². The Hall–Kier alpha value is -0.950. The number of halogens is 1. The van der Waals surface area contributed by atoms with Gasteiger partial charge in [0.1, 0.15) is 0 Å². The van der Waals surface area contributed by atoms with Crippen LogP contribution in [0, 0.1) is 10.5 Å². The van der Waals surface area contributed by atoms with E-state index >= 15 is 0 Å². The third-order valence-electron chi connectivity index (χ3n) is 2.17. The van der Waals surface area contributed by atoms with Gasteiger partial charge in [0.15, 0.2) is 0 Å². The van der Waals surface area contributed by atoms with Gasteiger partial charge in [0.25, 0.3) is 0 Å². The van der Waals surface area contributed by atoms with E-state index in [-0.39, 0.29) is 0 Å². The molecule has 1 aromatic heterocycles. The van der Waals surface area contributed by atoms with Crippen LogP contribution in [-0.2, 0) is 6.54 Å². The monoisotopic (exact) mass is 314 g/mol. The molecule has 0 amide bonds. The lowest BCUT2D eigenvalue weighted by Crippen LogP contribution is -1.96. The molecule has 0 atom stereocenters. The van der Waals surface area contributed by atoms with Crippen LogP contribution < -0.4 is 5.73 Å². The molecular weight excluding hydrogens is 303 g/mol. The lowest BCUT2D eigenvalue weighted by Gasteiger charge is -2.02. The maximum atomic E-state index is 5.48. The molecule has 2 aromatic rings. The number of nitrogens with two attached hydrogens (primary N) is 1. The Morgan fingerprint density at radius 3 is 2.87 bits per heavy atom. The molecule has 0 fully saturated rings. The third kappa shape index (κ3) is 2.18. The Balaban J connectivity index is 2.40. The van der Waals surface area contributed by atoms with Gasteiger partial charge < -0.3 is 5.73 Å². The SMILES string of the molecule is Cc1ccc(-n2cc(CN)nn2)cc1I. The topological polar surface area (TPSA) is 56.7 Å². The summed E-state index contributed by atoms with van der Waals surface area (Å²) in [6.07, 6.45) is 1.85. The predicted molar refractivity (Wildman–Crippen MR) is 66.7 cm³/mol. The number of hydrogen-bond acceptors (Lipinski definition) is 3. The van der Waals surface area contributed by atoms with Crippen LogP contribution in [0.5, 0.6) is 0 Å². The quantitative estimate of drug-likeness (QED) is 0.858. The third-order valence-corrected chi connectivity index (χ3v) is 3.33. The molecule has 0 aliphatic heterocycles. The highest BCUT2D eigenvalue weighted by Gasteiger charge is 2.02. The molecule has 2 rings (SSSR count). The van der Waals surface area contributed by atoms with Gasteiger partial charge >= 0.3 is 0 Å². The first-order valence-corrected chi connectivity index (χ1v) is 5.66. The van der Waals surface area contributed by atoms with Gasteiger partial charge in [-0.15, -0.1) is 5.10 Å². The number of nitrogens with zero attached hydrogens (tertiary/aromatic N) is 3. The second-order valence-electron chi connectivity index (χ2n) is 3.29. The molecule has 1 aromatic carbocycles. The lowest BCUT2D eigenvalue weighted by atomic mass is 10.2. The molecule has 5 heteroatoms. The van der Waals surface area contributed by atoms with E-state index in [2.05, 4.69) is 52.0 Å². The summed E-state index contributed by atoms with van der Waals surface area (Å²) >= 11 is 2.31. The first-order valence-electron chi connectivity index (χ1n) is 4.58. The second-order valence-corrected chi connectivity index (χ2v) is 4.45. The van der Waals surface area contributed by atoms with Crippen LogP contribution in [0.1, 0.15) is 11.3 Å². The molecule has 1 heterocycles. The van der Waals surface area contributed by atoms with Crippen molar-refractivity contribution >= 4 is 22.6 Å². The second kappa shape index (κ2) is 4.28. The van der Waals surface area contributed by atoms with E-state index in [0.29, 0.717) is 6.54 Å². The molecule has 0 aliphatic rings. The molecule has 0 unspecified atom stereocenters. The molecule has 0 aliphatic carbocycles. The van der Waals surface area contributed by atoms with Crippen LogP contribution in [0.25, 0.3) is 5.69 Å². The van der Waals surface area contributed by atoms with Crippen LogP contribution >= 0.6 is 22.6 Å². The molecular formula is C10H11IN4. The molecule has 0 bridgehead atoms. The average molecular weight is 314 g/mol. The van der Waals surface area contributed by atoms with E-state index in [1.54, 1.807) is 4.68 Å². The van der Waals surface area contributed by atoms with Crippen molar-refractivity contribution in [1.29, 1.82) is 0 Å². The lowest BCUT2D eigenvalue weighted by molar-refractivity contribution is 0.796. The molecule has 0 spiro atoms. The summed E-state index contributed by atoms with van der Waals surface area (Å²) in [6.45, 7) is 2.50. The van der Waals surface area contributed by atoms with Gasteiger partial charge in [-0.3, -0.25) is 0 Å². The van der Waals surface area contributed by atoms with E-state index in [0.717, 1.165) is 11.4 Å². The number of aromatic nitrogens is 3. The Bertz CT molecular complexity index is 478. The first-order chi connectivity index (χ1) is 7.20. The number of benzene rings is 1. The van der Waals surface area contributed by atoms with Crippen LogP contribution in [0.4, 0.5) is 0 Å². The summed E-state index contributed by atoms with van der Waals surface area (Å²) in [5.74, 6) is 0. The van der Waals surface area contributed by atoms with E-state index in [1.807, 2.05) is 12.3 Å². The summed E-state index contributed by atoms with van der Waals surface area (Å²) in [5, 5.41) is 7.96. The number of hydrogen-bond donors (Lipinski definition) is 1. The minimum absolute atomic E-state index is 0.420. The average Bonchev–Trinajstić information content (AvgIpc) is 2.70. The van der Waals surface area contributed by atoms with Crippen molar-refractivity contribution in [1.82, 2.24) is 15.0 Å². The number of aryl methyl sites for hydroxylation is 1. The highest BCUT2D eigenvalue weighted by molar-refractivity contribution is 14.1. The first kappa shape index (κ1) is 10.6. The standard InChI is InChI=1S/C10H11IN4/c1-7-2-3-9(4-10(7)11)15-6-8(5-12)13-14-15/h2-4,6H,5,12H2,1H3. The van der Waals surface area contributed by atoms with Crippen molar-refractivity contribution in [3.8, 4) is 5.69 Å². The summed E-state index contributed by atoms with van der Waals surface area (Å²) in [5.41, 5.74) is 8.55. The summed E-state index contributed by atoms with van der Waals surface area (Å²) < 4.78 is 2.96. The zero-order chi connectivity index (χ0) is 10.8. The van der Waals surface area contributed by atoms with Crippen LogP contribution in [0.2, 0.25) is 0 Å². The summed E-state index contributed by atoms with van der Waals surface area (Å²) in [6, 6.07) is 6.16. The van der Waals surface area contributed by atoms with E-state index < -0.39 is 0 Å². The van der Waals surface area contributed by atoms with Crippen molar-refractivity contribution in [2.75, 3.05) is 0 Å². The van der Waals surface area contributed by atoms with Crippen LogP contribution in [-0.4, -0.2) is 15.0 Å². The molecule has 0 radical (unpaired) electrons. The Labute approximate surface area is 102 Å². The fourth-order valence-corrected chi connectivity index (χ4v) is 1.74. The fourth-order valence-electron chi connectivity index (χ4n) is 1.24. The largest absolute Gasteiger partial charge is 0.325 e. The molecule has 0 saturated carbocycles. The van der Waals surface area contributed by atoms with E-state index in [9.17, 15) is 0 Å². The maximum absolute atomic E-state index is 5.48. The van der Waals surface area contributed by atoms with Crippen molar-refractivity contribution in [3.63, 3.8) is 0 Å². The Kier molecular flexibility index (Phi) is 3.01. The molecule has 78 valence electrons. The summed E-state index contributed by atoms with van der Waals surface area (Å²) in [4.78, 5) is 0. The highest BCUT2D eigenvalue weighted by Crippen LogP contribution is 2.15. The van der Waals surface area contributed by atoms with Crippen molar-refractivity contribution in [2.24, 2.45) is 5.73 Å². The van der Waals surface area contributed by atoms with E-state index in [4.69, 9.17) is 5.73 Å². The van der Waals surface area contributed by atoms with Gasteiger partial charge in [0.2, 0.25) is 0 Å². The summed E-state index contributed by atoms with van der Waals surface area (Å²) in [7, 11) is 0.